The third kappa shape index (κ3) is 3.16. The maximum atomic E-state index is 13.1. The highest BCUT2D eigenvalue weighted by Crippen LogP contribution is 2.35. The Labute approximate surface area is 164 Å². The monoisotopic (exact) mass is 397 g/mol. The third-order valence-electron chi connectivity index (χ3n) is 4.16. The van der Waals surface area contributed by atoms with E-state index in [0.29, 0.717) is 33.7 Å². The van der Waals surface area contributed by atoms with E-state index in [4.69, 9.17) is 15.2 Å². The second-order valence-corrected chi connectivity index (χ2v) is 6.68. The summed E-state index contributed by atoms with van der Waals surface area (Å²) in [5.74, 6) is 1.27. The summed E-state index contributed by atoms with van der Waals surface area (Å²) in [5, 5.41) is 10.8. The van der Waals surface area contributed by atoms with Crippen molar-refractivity contribution in [2.45, 2.75) is 0 Å². The fraction of sp³-hybridized carbons (Fsp3) is 0.105. The van der Waals surface area contributed by atoms with E-state index in [9.17, 15) is 4.39 Å². The van der Waals surface area contributed by atoms with Crippen LogP contribution >= 0.6 is 11.3 Å². The lowest BCUT2D eigenvalue weighted by atomic mass is 10.1. The zero-order chi connectivity index (χ0) is 19.7. The van der Waals surface area contributed by atoms with Gasteiger partial charge in [0.05, 0.1) is 25.6 Å². The topological polar surface area (TPSA) is 88.1 Å². The van der Waals surface area contributed by atoms with Crippen LogP contribution in [0.25, 0.3) is 27.6 Å². The molecule has 0 aliphatic rings. The number of benzene rings is 2. The van der Waals surface area contributed by atoms with Gasteiger partial charge in [-0.15, -0.1) is 16.4 Å². The minimum atomic E-state index is -0.331. The molecule has 7 nitrogen and oxygen atoms in total. The van der Waals surface area contributed by atoms with Gasteiger partial charge in [0.25, 0.3) is 0 Å². The fourth-order valence-corrected chi connectivity index (χ4v) is 3.55. The van der Waals surface area contributed by atoms with Crippen LogP contribution < -0.4 is 15.2 Å². The Morgan fingerprint density at radius 3 is 2.50 bits per heavy atom. The molecule has 2 aromatic heterocycles. The summed E-state index contributed by atoms with van der Waals surface area (Å²) < 4.78 is 25.2. The van der Waals surface area contributed by atoms with Crippen molar-refractivity contribution < 1.29 is 13.9 Å². The van der Waals surface area contributed by atoms with Gasteiger partial charge in [-0.05, 0) is 42.5 Å². The van der Waals surface area contributed by atoms with E-state index < -0.39 is 0 Å². The van der Waals surface area contributed by atoms with Gasteiger partial charge >= 0.3 is 0 Å². The van der Waals surface area contributed by atoms with Crippen LogP contribution in [0, 0.1) is 5.82 Å². The Bertz CT molecular complexity index is 1120. The van der Waals surface area contributed by atoms with E-state index in [0.717, 1.165) is 11.3 Å². The number of ether oxygens (including phenoxy) is 2. The van der Waals surface area contributed by atoms with E-state index in [-0.39, 0.29) is 5.82 Å². The average Bonchev–Trinajstić information content (AvgIpc) is 3.35. The number of nitrogen functional groups attached to an aromatic ring is 1. The van der Waals surface area contributed by atoms with Crippen LogP contribution in [0.2, 0.25) is 0 Å². The van der Waals surface area contributed by atoms with Crippen molar-refractivity contribution in [3.63, 3.8) is 0 Å². The van der Waals surface area contributed by atoms with Gasteiger partial charge in [0.1, 0.15) is 10.8 Å². The molecule has 0 radical (unpaired) electrons. The van der Waals surface area contributed by atoms with Crippen LogP contribution in [0.4, 0.5) is 10.2 Å². The minimum absolute atomic E-state index is 0.331. The summed E-state index contributed by atoms with van der Waals surface area (Å²) in [5.41, 5.74) is 8.94. The van der Waals surface area contributed by atoms with Crippen LogP contribution in [0.1, 0.15) is 0 Å². The molecule has 2 aromatic carbocycles. The second-order valence-electron chi connectivity index (χ2n) is 5.82. The van der Waals surface area contributed by atoms with Crippen molar-refractivity contribution in [3.05, 3.63) is 53.7 Å². The highest BCUT2D eigenvalue weighted by atomic mass is 32.1. The Hall–Kier alpha value is -3.46. The number of hydrogen-bond donors (Lipinski definition) is 1. The molecule has 0 fully saturated rings. The number of methoxy groups -OCH3 is 2. The highest BCUT2D eigenvalue weighted by molar-refractivity contribution is 7.13. The highest BCUT2D eigenvalue weighted by Gasteiger charge is 2.17. The molecule has 142 valence electrons. The lowest BCUT2D eigenvalue weighted by Gasteiger charge is -2.08. The lowest BCUT2D eigenvalue weighted by molar-refractivity contribution is 0.355. The summed E-state index contributed by atoms with van der Waals surface area (Å²) in [6.07, 6.45) is 0. The number of aromatic nitrogens is 4. The molecule has 0 spiro atoms. The van der Waals surface area contributed by atoms with Crippen molar-refractivity contribution in [2.24, 2.45) is 0 Å². The smallest absolute Gasteiger partial charge is 0.165 e. The lowest BCUT2D eigenvalue weighted by Crippen LogP contribution is -2.02. The van der Waals surface area contributed by atoms with Crippen LogP contribution in [0.15, 0.2) is 47.8 Å². The number of hydrogen-bond acceptors (Lipinski definition) is 7. The summed E-state index contributed by atoms with van der Waals surface area (Å²) in [6, 6.07) is 11.4. The number of thiazole rings is 1. The van der Waals surface area contributed by atoms with Crippen LogP contribution in [0.5, 0.6) is 11.5 Å². The molecule has 0 bridgehead atoms. The zero-order valence-corrected chi connectivity index (χ0v) is 15.9. The van der Waals surface area contributed by atoms with E-state index in [2.05, 4.69) is 15.3 Å². The third-order valence-corrected chi connectivity index (χ3v) is 5.01. The molecule has 28 heavy (non-hydrogen) atoms. The molecule has 4 rings (SSSR count). The van der Waals surface area contributed by atoms with Gasteiger partial charge in [-0.2, -0.15) is 4.68 Å². The van der Waals surface area contributed by atoms with Gasteiger partial charge in [-0.3, -0.25) is 0 Å². The van der Waals surface area contributed by atoms with Crippen molar-refractivity contribution in [1.29, 1.82) is 0 Å². The molecule has 9 heteroatoms. The van der Waals surface area contributed by atoms with Crippen molar-refractivity contribution in [3.8, 4) is 39.1 Å². The van der Waals surface area contributed by atoms with Crippen LogP contribution in [-0.2, 0) is 0 Å². The summed E-state index contributed by atoms with van der Waals surface area (Å²) >= 11 is 1.41. The van der Waals surface area contributed by atoms with Crippen molar-refractivity contribution in [2.75, 3.05) is 20.0 Å². The molecular formula is C19H16FN5O2S. The largest absolute Gasteiger partial charge is 0.493 e. The number of nitrogens with zero attached hydrogens (tertiary/aromatic N) is 4. The number of anilines is 1. The van der Waals surface area contributed by atoms with Crippen LogP contribution in [0.3, 0.4) is 0 Å². The van der Waals surface area contributed by atoms with Gasteiger partial charge in [-0.1, -0.05) is 5.21 Å². The first-order valence-electron chi connectivity index (χ1n) is 8.26. The Kier molecular flexibility index (Phi) is 4.66. The van der Waals surface area contributed by atoms with E-state index >= 15 is 0 Å². The van der Waals surface area contributed by atoms with Gasteiger partial charge in [-0.25, -0.2) is 9.37 Å². The zero-order valence-electron chi connectivity index (χ0n) is 15.1. The molecule has 0 unspecified atom stereocenters. The number of rotatable bonds is 5. The average molecular weight is 397 g/mol. The van der Waals surface area contributed by atoms with E-state index in [1.807, 2.05) is 23.6 Å². The molecule has 0 aliphatic carbocycles. The molecule has 2 N–H and O–H groups in total. The molecule has 0 amide bonds. The molecule has 0 atom stereocenters. The predicted molar refractivity (Wildman–Crippen MR) is 105 cm³/mol. The molecule has 2 heterocycles. The second kappa shape index (κ2) is 7.28. The first-order chi connectivity index (χ1) is 13.6. The molecule has 4 aromatic rings. The van der Waals surface area contributed by atoms with Crippen LogP contribution in [-0.4, -0.2) is 34.2 Å². The summed E-state index contributed by atoms with van der Waals surface area (Å²) in [6.45, 7) is 0. The van der Waals surface area contributed by atoms with Gasteiger partial charge < -0.3 is 15.2 Å². The SMILES string of the molecule is COc1ccc(-c2csc(-c3nnn(-c4ccc(F)cc4)c3N)n2)cc1OC. The maximum absolute atomic E-state index is 13.1. The standard InChI is InChI=1S/C19H16FN5O2S/c1-26-15-8-3-11(9-16(15)27-2)14-10-28-19(22-14)17-18(21)25(24-23-17)13-6-4-12(20)5-7-13/h3-10H,21H2,1-2H3. The quantitative estimate of drug-likeness (QED) is 0.551. The normalized spacial score (nSPS) is 10.8. The molecule has 0 aliphatic heterocycles. The maximum Gasteiger partial charge on any atom is 0.165 e. The first kappa shape index (κ1) is 17.9. The summed E-state index contributed by atoms with van der Waals surface area (Å²) in [4.78, 5) is 4.63. The van der Waals surface area contributed by atoms with Gasteiger partial charge in [0.15, 0.2) is 23.0 Å². The molecular weight excluding hydrogens is 381 g/mol. The molecule has 0 saturated carbocycles. The fourth-order valence-electron chi connectivity index (χ4n) is 2.73. The Morgan fingerprint density at radius 2 is 1.79 bits per heavy atom. The summed E-state index contributed by atoms with van der Waals surface area (Å²) in [7, 11) is 3.17. The van der Waals surface area contributed by atoms with Crippen molar-refractivity contribution >= 4 is 17.2 Å². The minimum Gasteiger partial charge on any atom is -0.493 e. The van der Waals surface area contributed by atoms with Crippen molar-refractivity contribution in [1.82, 2.24) is 20.0 Å². The first-order valence-corrected chi connectivity index (χ1v) is 9.14. The van der Waals surface area contributed by atoms with Gasteiger partial charge in [0.2, 0.25) is 0 Å². The molecule has 0 saturated heterocycles. The Morgan fingerprint density at radius 1 is 1.04 bits per heavy atom. The predicted octanol–water partition coefficient (Wildman–Crippen LogP) is 3.80. The van der Waals surface area contributed by atoms with Gasteiger partial charge in [0, 0.05) is 10.9 Å². The number of nitrogens with two attached hydrogens (primary N) is 1. The number of halogens is 1. The van der Waals surface area contributed by atoms with E-state index in [1.54, 1.807) is 26.4 Å². The van der Waals surface area contributed by atoms with E-state index in [1.165, 1.54) is 28.2 Å². The Balaban J connectivity index is 1.68.